The van der Waals surface area contributed by atoms with Gasteiger partial charge in [-0.1, -0.05) is 38.5 Å². The fourth-order valence-corrected chi connectivity index (χ4v) is 2.08. The summed E-state index contributed by atoms with van der Waals surface area (Å²) >= 11 is 5.81. The molecule has 1 rings (SSSR count). The molecule has 0 bridgehead atoms. The zero-order chi connectivity index (χ0) is 13.8. The first kappa shape index (κ1) is 15.0. The SMILES string of the molecule is Cc1cccc(C(=O)NC(CCCl)C(C)(C)C)c1. The summed E-state index contributed by atoms with van der Waals surface area (Å²) in [6, 6.07) is 7.70. The fraction of sp³-hybridized carbons (Fsp3) is 0.533. The average molecular weight is 268 g/mol. The third kappa shape index (κ3) is 4.34. The van der Waals surface area contributed by atoms with Gasteiger partial charge < -0.3 is 5.32 Å². The van der Waals surface area contributed by atoms with Gasteiger partial charge in [0.25, 0.3) is 5.91 Å². The molecule has 0 fully saturated rings. The molecule has 0 aliphatic rings. The largest absolute Gasteiger partial charge is 0.349 e. The number of halogens is 1. The summed E-state index contributed by atoms with van der Waals surface area (Å²) < 4.78 is 0. The molecule has 1 N–H and O–H groups in total. The third-order valence-corrected chi connectivity index (χ3v) is 3.25. The topological polar surface area (TPSA) is 29.1 Å². The van der Waals surface area contributed by atoms with Gasteiger partial charge in [-0.15, -0.1) is 11.6 Å². The lowest BCUT2D eigenvalue weighted by atomic mass is 9.85. The van der Waals surface area contributed by atoms with Gasteiger partial charge in [-0.3, -0.25) is 4.79 Å². The van der Waals surface area contributed by atoms with E-state index in [2.05, 4.69) is 26.1 Å². The second-order valence-corrected chi connectivity index (χ2v) is 6.12. The minimum Gasteiger partial charge on any atom is -0.349 e. The molecule has 0 aromatic heterocycles. The first-order valence-corrected chi connectivity index (χ1v) is 6.81. The number of carbonyl (C=O) groups excluding carboxylic acids is 1. The van der Waals surface area contributed by atoms with Crippen molar-refractivity contribution in [2.24, 2.45) is 5.41 Å². The highest BCUT2D eigenvalue weighted by molar-refractivity contribution is 6.17. The fourth-order valence-electron chi connectivity index (χ4n) is 1.86. The molecular formula is C15H22ClNO. The van der Waals surface area contributed by atoms with E-state index >= 15 is 0 Å². The maximum Gasteiger partial charge on any atom is 0.251 e. The number of hydrogen-bond donors (Lipinski definition) is 1. The van der Waals surface area contributed by atoms with Gasteiger partial charge in [0, 0.05) is 17.5 Å². The molecule has 18 heavy (non-hydrogen) atoms. The number of carbonyl (C=O) groups is 1. The van der Waals surface area contributed by atoms with Crippen LogP contribution >= 0.6 is 11.6 Å². The van der Waals surface area contributed by atoms with E-state index in [4.69, 9.17) is 11.6 Å². The van der Waals surface area contributed by atoms with Gasteiger partial charge in [-0.25, -0.2) is 0 Å². The van der Waals surface area contributed by atoms with Crippen LogP contribution in [0.2, 0.25) is 0 Å². The van der Waals surface area contributed by atoms with Crippen LogP contribution in [0.5, 0.6) is 0 Å². The van der Waals surface area contributed by atoms with Crippen molar-refractivity contribution in [3.63, 3.8) is 0 Å². The summed E-state index contributed by atoms with van der Waals surface area (Å²) in [4.78, 5) is 12.2. The normalized spacial score (nSPS) is 13.2. The Bertz CT molecular complexity index is 409. The molecule has 1 atom stereocenters. The molecule has 0 saturated carbocycles. The predicted octanol–water partition coefficient (Wildman–Crippen LogP) is 3.77. The Morgan fingerprint density at radius 1 is 1.39 bits per heavy atom. The van der Waals surface area contributed by atoms with Crippen LogP contribution < -0.4 is 5.32 Å². The molecule has 1 amide bonds. The van der Waals surface area contributed by atoms with Crippen molar-refractivity contribution in [1.82, 2.24) is 5.32 Å². The molecule has 1 unspecified atom stereocenters. The second kappa shape index (κ2) is 6.24. The van der Waals surface area contributed by atoms with Crippen LogP contribution in [-0.2, 0) is 0 Å². The van der Waals surface area contributed by atoms with Gasteiger partial charge in [0.05, 0.1) is 0 Å². The second-order valence-electron chi connectivity index (χ2n) is 5.74. The van der Waals surface area contributed by atoms with Gasteiger partial charge >= 0.3 is 0 Å². The van der Waals surface area contributed by atoms with Crippen molar-refractivity contribution < 1.29 is 4.79 Å². The van der Waals surface area contributed by atoms with Gasteiger partial charge in [0.15, 0.2) is 0 Å². The first-order chi connectivity index (χ1) is 8.34. The number of rotatable bonds is 4. The minimum atomic E-state index is -0.0243. The summed E-state index contributed by atoms with van der Waals surface area (Å²) in [5.41, 5.74) is 1.81. The predicted molar refractivity (Wildman–Crippen MR) is 77.2 cm³/mol. The van der Waals surface area contributed by atoms with E-state index in [-0.39, 0.29) is 17.4 Å². The smallest absolute Gasteiger partial charge is 0.251 e. The van der Waals surface area contributed by atoms with Crippen LogP contribution in [0.3, 0.4) is 0 Å². The summed E-state index contributed by atoms with van der Waals surface area (Å²) in [5.74, 6) is 0.527. The Morgan fingerprint density at radius 2 is 2.06 bits per heavy atom. The Labute approximate surface area is 115 Å². The Hall–Kier alpha value is -1.02. The maximum atomic E-state index is 12.2. The summed E-state index contributed by atoms with van der Waals surface area (Å²) in [7, 11) is 0. The molecule has 0 spiro atoms. The van der Waals surface area contributed by atoms with Crippen molar-refractivity contribution in [2.75, 3.05) is 5.88 Å². The van der Waals surface area contributed by atoms with E-state index in [1.54, 1.807) is 0 Å². The number of alkyl halides is 1. The van der Waals surface area contributed by atoms with E-state index < -0.39 is 0 Å². The van der Waals surface area contributed by atoms with E-state index in [1.165, 1.54) is 0 Å². The summed E-state index contributed by atoms with van der Waals surface area (Å²) in [6.45, 7) is 8.32. The molecule has 3 heteroatoms. The molecule has 2 nitrogen and oxygen atoms in total. The summed E-state index contributed by atoms with van der Waals surface area (Å²) in [5, 5.41) is 3.08. The van der Waals surface area contributed by atoms with E-state index in [9.17, 15) is 4.79 Å². The molecule has 0 heterocycles. The molecule has 0 saturated heterocycles. The average Bonchev–Trinajstić information content (AvgIpc) is 2.27. The number of aryl methyl sites for hydroxylation is 1. The number of benzene rings is 1. The Kier molecular flexibility index (Phi) is 5.21. The molecule has 1 aromatic carbocycles. The van der Waals surface area contributed by atoms with Gasteiger partial charge in [0.1, 0.15) is 0 Å². The third-order valence-electron chi connectivity index (χ3n) is 3.03. The molecular weight excluding hydrogens is 246 g/mol. The van der Waals surface area contributed by atoms with Crippen LogP contribution in [0.25, 0.3) is 0 Å². The van der Waals surface area contributed by atoms with Crippen LogP contribution in [-0.4, -0.2) is 17.8 Å². The number of hydrogen-bond acceptors (Lipinski definition) is 1. The van der Waals surface area contributed by atoms with Crippen molar-refractivity contribution >= 4 is 17.5 Å². The van der Waals surface area contributed by atoms with Gasteiger partial charge in [-0.05, 0) is 30.9 Å². The van der Waals surface area contributed by atoms with Crippen molar-refractivity contribution in [3.8, 4) is 0 Å². The number of nitrogens with one attached hydrogen (secondary N) is 1. The minimum absolute atomic E-state index is 0.00831. The highest BCUT2D eigenvalue weighted by atomic mass is 35.5. The number of amides is 1. The monoisotopic (exact) mass is 267 g/mol. The highest BCUT2D eigenvalue weighted by Crippen LogP contribution is 2.22. The van der Waals surface area contributed by atoms with E-state index in [0.29, 0.717) is 11.4 Å². The molecule has 0 radical (unpaired) electrons. The van der Waals surface area contributed by atoms with Crippen molar-refractivity contribution in [3.05, 3.63) is 35.4 Å². The Balaban J connectivity index is 2.79. The lowest BCUT2D eigenvalue weighted by Gasteiger charge is -2.31. The lowest BCUT2D eigenvalue weighted by Crippen LogP contribution is -2.44. The van der Waals surface area contributed by atoms with E-state index in [0.717, 1.165) is 12.0 Å². The molecule has 0 aliphatic carbocycles. The quantitative estimate of drug-likeness (QED) is 0.827. The van der Waals surface area contributed by atoms with Crippen molar-refractivity contribution in [2.45, 2.75) is 40.2 Å². The Morgan fingerprint density at radius 3 is 2.56 bits per heavy atom. The maximum absolute atomic E-state index is 12.2. The van der Waals surface area contributed by atoms with Crippen LogP contribution in [0.4, 0.5) is 0 Å². The summed E-state index contributed by atoms with van der Waals surface area (Å²) in [6.07, 6.45) is 0.780. The van der Waals surface area contributed by atoms with Crippen LogP contribution in [0.1, 0.15) is 43.1 Å². The molecule has 0 aliphatic heterocycles. The molecule has 100 valence electrons. The zero-order valence-electron chi connectivity index (χ0n) is 11.6. The highest BCUT2D eigenvalue weighted by Gasteiger charge is 2.25. The van der Waals surface area contributed by atoms with E-state index in [1.807, 2.05) is 31.2 Å². The first-order valence-electron chi connectivity index (χ1n) is 6.28. The standard InChI is InChI=1S/C15H22ClNO/c1-11-6-5-7-12(10-11)14(18)17-13(8-9-16)15(2,3)4/h5-7,10,13H,8-9H2,1-4H3,(H,17,18). The van der Waals surface area contributed by atoms with Crippen molar-refractivity contribution in [1.29, 1.82) is 0 Å². The zero-order valence-corrected chi connectivity index (χ0v) is 12.3. The van der Waals surface area contributed by atoms with Gasteiger partial charge in [-0.2, -0.15) is 0 Å². The van der Waals surface area contributed by atoms with Crippen LogP contribution in [0, 0.1) is 12.3 Å². The van der Waals surface area contributed by atoms with Crippen LogP contribution in [0.15, 0.2) is 24.3 Å². The molecule has 1 aromatic rings. The lowest BCUT2D eigenvalue weighted by molar-refractivity contribution is 0.0900. The van der Waals surface area contributed by atoms with Gasteiger partial charge in [0.2, 0.25) is 0 Å².